The summed E-state index contributed by atoms with van der Waals surface area (Å²) in [5.41, 5.74) is 1.14. The topological polar surface area (TPSA) is 15.3 Å². The lowest BCUT2D eigenvalue weighted by Gasteiger charge is -2.43. The Morgan fingerprint density at radius 3 is 2.83 bits per heavy atom. The van der Waals surface area contributed by atoms with Crippen molar-refractivity contribution in [3.8, 4) is 0 Å². The molecule has 2 nitrogen and oxygen atoms in total. The molecule has 2 rings (SSSR count). The highest BCUT2D eigenvalue weighted by Gasteiger charge is 2.29. The van der Waals surface area contributed by atoms with Gasteiger partial charge in [-0.3, -0.25) is 0 Å². The number of rotatable bonds is 2. The Bertz CT molecular complexity index is 422. The molecule has 1 fully saturated rings. The van der Waals surface area contributed by atoms with E-state index in [1.54, 1.807) is 0 Å². The SMILES string of the molecule is CC1CN(c2cc(Br)ccc2Cl)C(C(C)C)CN1. The summed E-state index contributed by atoms with van der Waals surface area (Å²) in [5.74, 6) is 0.597. The van der Waals surface area contributed by atoms with Crippen molar-refractivity contribution in [2.45, 2.75) is 32.9 Å². The van der Waals surface area contributed by atoms with Gasteiger partial charge in [0.15, 0.2) is 0 Å². The van der Waals surface area contributed by atoms with Gasteiger partial charge in [0.25, 0.3) is 0 Å². The molecule has 0 spiro atoms. The molecule has 0 aromatic heterocycles. The molecule has 1 aromatic rings. The minimum Gasteiger partial charge on any atom is -0.364 e. The molecule has 2 atom stereocenters. The van der Waals surface area contributed by atoms with Gasteiger partial charge in [-0.15, -0.1) is 0 Å². The third kappa shape index (κ3) is 3.01. The van der Waals surface area contributed by atoms with Crippen LogP contribution in [0.25, 0.3) is 0 Å². The van der Waals surface area contributed by atoms with Crippen LogP contribution >= 0.6 is 27.5 Å². The molecule has 0 saturated carbocycles. The van der Waals surface area contributed by atoms with Gasteiger partial charge in [-0.1, -0.05) is 41.4 Å². The Hall–Kier alpha value is -0.250. The second kappa shape index (κ2) is 5.81. The number of nitrogens with zero attached hydrogens (tertiary/aromatic N) is 1. The lowest BCUT2D eigenvalue weighted by atomic mass is 9.98. The molecule has 100 valence electrons. The maximum absolute atomic E-state index is 6.36. The second-order valence-corrected chi connectivity index (χ2v) is 6.69. The Morgan fingerprint density at radius 2 is 2.17 bits per heavy atom. The summed E-state index contributed by atoms with van der Waals surface area (Å²) in [4.78, 5) is 2.44. The van der Waals surface area contributed by atoms with E-state index in [2.05, 4.69) is 53.0 Å². The molecule has 1 aliphatic heterocycles. The molecule has 1 heterocycles. The van der Waals surface area contributed by atoms with E-state index in [0.717, 1.165) is 28.3 Å². The molecule has 0 amide bonds. The van der Waals surface area contributed by atoms with E-state index in [1.165, 1.54) is 0 Å². The van der Waals surface area contributed by atoms with Crippen LogP contribution in [0.1, 0.15) is 20.8 Å². The number of nitrogens with one attached hydrogen (secondary N) is 1. The monoisotopic (exact) mass is 330 g/mol. The minimum atomic E-state index is 0.494. The summed E-state index contributed by atoms with van der Waals surface area (Å²) >= 11 is 9.90. The van der Waals surface area contributed by atoms with E-state index >= 15 is 0 Å². The van der Waals surface area contributed by atoms with Gasteiger partial charge in [-0.25, -0.2) is 0 Å². The van der Waals surface area contributed by atoms with E-state index in [9.17, 15) is 0 Å². The lowest BCUT2D eigenvalue weighted by molar-refractivity contribution is 0.349. The third-order valence-corrected chi connectivity index (χ3v) is 4.35. The first-order valence-electron chi connectivity index (χ1n) is 6.44. The van der Waals surface area contributed by atoms with Gasteiger partial charge in [0.2, 0.25) is 0 Å². The van der Waals surface area contributed by atoms with Gasteiger partial charge >= 0.3 is 0 Å². The number of piperazine rings is 1. The average Bonchev–Trinajstić information content (AvgIpc) is 2.31. The number of hydrogen-bond acceptors (Lipinski definition) is 2. The van der Waals surface area contributed by atoms with Crippen LogP contribution < -0.4 is 10.2 Å². The van der Waals surface area contributed by atoms with Crippen LogP contribution in [0.4, 0.5) is 5.69 Å². The van der Waals surface area contributed by atoms with Crippen molar-refractivity contribution in [3.05, 3.63) is 27.7 Å². The predicted molar refractivity (Wildman–Crippen MR) is 82.6 cm³/mol. The molecule has 0 bridgehead atoms. The Balaban J connectivity index is 2.34. The van der Waals surface area contributed by atoms with E-state index in [-0.39, 0.29) is 0 Å². The zero-order chi connectivity index (χ0) is 13.3. The van der Waals surface area contributed by atoms with Crippen LogP contribution in [-0.4, -0.2) is 25.2 Å². The van der Waals surface area contributed by atoms with Crippen molar-refractivity contribution in [1.82, 2.24) is 5.32 Å². The molecular weight excluding hydrogens is 312 g/mol. The number of hydrogen-bond donors (Lipinski definition) is 1. The van der Waals surface area contributed by atoms with Crippen LogP contribution in [0.2, 0.25) is 5.02 Å². The third-order valence-electron chi connectivity index (χ3n) is 3.53. The molecule has 4 heteroatoms. The first-order valence-corrected chi connectivity index (χ1v) is 7.61. The van der Waals surface area contributed by atoms with E-state index in [4.69, 9.17) is 11.6 Å². The highest BCUT2D eigenvalue weighted by molar-refractivity contribution is 9.10. The van der Waals surface area contributed by atoms with Crippen LogP contribution in [0.5, 0.6) is 0 Å². The van der Waals surface area contributed by atoms with Crippen LogP contribution in [-0.2, 0) is 0 Å². The zero-order valence-corrected chi connectivity index (χ0v) is 13.4. The molecule has 18 heavy (non-hydrogen) atoms. The minimum absolute atomic E-state index is 0.494. The summed E-state index contributed by atoms with van der Waals surface area (Å²) in [5, 5.41) is 4.38. The number of halogens is 2. The smallest absolute Gasteiger partial charge is 0.0640 e. The van der Waals surface area contributed by atoms with Crippen LogP contribution in [0.15, 0.2) is 22.7 Å². The quantitative estimate of drug-likeness (QED) is 0.883. The normalized spacial score (nSPS) is 24.7. The fourth-order valence-corrected chi connectivity index (χ4v) is 3.08. The fraction of sp³-hybridized carbons (Fsp3) is 0.571. The first-order chi connectivity index (χ1) is 8.49. The predicted octanol–water partition coefficient (Wildman–Crippen LogP) is 3.93. The van der Waals surface area contributed by atoms with Gasteiger partial charge < -0.3 is 10.2 Å². The number of benzene rings is 1. The second-order valence-electron chi connectivity index (χ2n) is 5.37. The Kier molecular flexibility index (Phi) is 4.57. The van der Waals surface area contributed by atoms with E-state index in [0.29, 0.717) is 18.0 Å². The van der Waals surface area contributed by atoms with Crippen molar-refractivity contribution in [3.63, 3.8) is 0 Å². The molecule has 1 aromatic carbocycles. The summed E-state index contributed by atoms with van der Waals surface area (Å²) in [7, 11) is 0. The van der Waals surface area contributed by atoms with Crippen molar-refractivity contribution in [2.75, 3.05) is 18.0 Å². The Labute approximate surface area is 123 Å². The van der Waals surface area contributed by atoms with Gasteiger partial charge in [0, 0.05) is 29.6 Å². The zero-order valence-electron chi connectivity index (χ0n) is 11.1. The molecule has 1 aliphatic rings. The molecule has 0 aliphatic carbocycles. The van der Waals surface area contributed by atoms with Crippen molar-refractivity contribution >= 4 is 33.2 Å². The van der Waals surface area contributed by atoms with Gasteiger partial charge in [0.1, 0.15) is 0 Å². The largest absolute Gasteiger partial charge is 0.364 e. The van der Waals surface area contributed by atoms with Gasteiger partial charge in [-0.05, 0) is 31.0 Å². The standard InChI is InChI=1S/C14H20BrClN2/c1-9(2)14-7-17-10(3)8-18(14)13-6-11(15)4-5-12(13)16/h4-6,9-10,14,17H,7-8H2,1-3H3. The van der Waals surface area contributed by atoms with Crippen LogP contribution in [0.3, 0.4) is 0 Å². The molecular formula is C14H20BrClN2. The average molecular weight is 332 g/mol. The Morgan fingerprint density at radius 1 is 1.44 bits per heavy atom. The summed E-state index contributed by atoms with van der Waals surface area (Å²) in [6, 6.07) is 7.06. The van der Waals surface area contributed by atoms with Crippen LogP contribution in [0, 0.1) is 5.92 Å². The first kappa shape index (κ1) is 14.2. The summed E-state index contributed by atoms with van der Waals surface area (Å²) in [6.07, 6.45) is 0. The number of anilines is 1. The summed E-state index contributed by atoms with van der Waals surface area (Å²) in [6.45, 7) is 8.76. The highest BCUT2D eigenvalue weighted by Crippen LogP contribution is 2.33. The fourth-order valence-electron chi connectivity index (χ4n) is 2.51. The van der Waals surface area contributed by atoms with Gasteiger partial charge in [-0.2, -0.15) is 0 Å². The molecule has 2 unspecified atom stereocenters. The van der Waals surface area contributed by atoms with Crippen molar-refractivity contribution < 1.29 is 0 Å². The molecule has 0 radical (unpaired) electrons. The lowest BCUT2D eigenvalue weighted by Crippen LogP contribution is -2.57. The maximum Gasteiger partial charge on any atom is 0.0640 e. The van der Waals surface area contributed by atoms with Crippen molar-refractivity contribution in [1.29, 1.82) is 0 Å². The summed E-state index contributed by atoms with van der Waals surface area (Å²) < 4.78 is 1.08. The van der Waals surface area contributed by atoms with E-state index in [1.807, 2.05) is 12.1 Å². The van der Waals surface area contributed by atoms with Crippen molar-refractivity contribution in [2.24, 2.45) is 5.92 Å². The van der Waals surface area contributed by atoms with E-state index < -0.39 is 0 Å². The highest BCUT2D eigenvalue weighted by atomic mass is 79.9. The van der Waals surface area contributed by atoms with Gasteiger partial charge in [0.05, 0.1) is 10.7 Å². The molecule has 1 N–H and O–H groups in total. The molecule has 1 saturated heterocycles. The maximum atomic E-state index is 6.36.